The van der Waals surface area contributed by atoms with Gasteiger partial charge in [-0.2, -0.15) is 0 Å². The third-order valence-corrected chi connectivity index (χ3v) is 3.60. The van der Waals surface area contributed by atoms with Crippen molar-refractivity contribution in [3.05, 3.63) is 59.1 Å². The molecule has 0 bridgehead atoms. The largest absolute Gasteiger partial charge is 0.374 e. The average molecular weight is 333 g/mol. The highest BCUT2D eigenvalue weighted by atomic mass is 79.9. The second-order valence-corrected chi connectivity index (χ2v) is 5.52. The fraction of sp³-hybridized carbons (Fsp3) is 0.188. The number of benzene rings is 2. The molecule has 1 atom stereocenters. The molecule has 2 aromatic rings. The number of anilines is 2. The summed E-state index contributed by atoms with van der Waals surface area (Å²) in [6, 6.07) is 17.1. The van der Waals surface area contributed by atoms with Crippen LogP contribution in [0.1, 0.15) is 6.92 Å². The van der Waals surface area contributed by atoms with E-state index >= 15 is 0 Å². The van der Waals surface area contributed by atoms with Gasteiger partial charge in [0.1, 0.15) is 6.04 Å². The van der Waals surface area contributed by atoms with E-state index in [9.17, 15) is 4.79 Å². The standard InChI is InChI=1S/C16H17BrN2O/c1-12(18-14-10-8-13(17)9-11-14)16(20)19(2)15-6-4-3-5-7-15/h3-12,18H,1-2H3/t12-/m1/s1. The molecule has 0 aliphatic heterocycles. The zero-order valence-corrected chi connectivity index (χ0v) is 13.1. The minimum absolute atomic E-state index is 0.0270. The van der Waals surface area contributed by atoms with Crippen molar-refractivity contribution < 1.29 is 4.79 Å². The molecule has 0 heterocycles. The zero-order chi connectivity index (χ0) is 14.5. The van der Waals surface area contributed by atoms with Gasteiger partial charge in [0.05, 0.1) is 0 Å². The fourth-order valence-corrected chi connectivity index (χ4v) is 2.19. The first-order valence-electron chi connectivity index (χ1n) is 6.42. The van der Waals surface area contributed by atoms with Crippen LogP contribution in [0.15, 0.2) is 59.1 Å². The van der Waals surface area contributed by atoms with Crippen LogP contribution in [-0.4, -0.2) is 19.0 Å². The first kappa shape index (κ1) is 14.6. The van der Waals surface area contributed by atoms with Gasteiger partial charge in [-0.05, 0) is 43.3 Å². The van der Waals surface area contributed by atoms with Crippen molar-refractivity contribution in [1.82, 2.24) is 0 Å². The van der Waals surface area contributed by atoms with Crippen molar-refractivity contribution in [1.29, 1.82) is 0 Å². The Kier molecular flexibility index (Phi) is 4.79. The van der Waals surface area contributed by atoms with Crippen LogP contribution in [0.25, 0.3) is 0 Å². The second-order valence-electron chi connectivity index (χ2n) is 4.61. The molecule has 1 amide bonds. The Morgan fingerprint density at radius 3 is 2.30 bits per heavy atom. The van der Waals surface area contributed by atoms with E-state index in [1.165, 1.54) is 0 Å². The number of halogens is 1. The van der Waals surface area contributed by atoms with E-state index in [0.717, 1.165) is 15.8 Å². The van der Waals surface area contributed by atoms with Gasteiger partial charge in [0.15, 0.2) is 0 Å². The van der Waals surface area contributed by atoms with Gasteiger partial charge in [-0.3, -0.25) is 4.79 Å². The van der Waals surface area contributed by atoms with Gasteiger partial charge in [0, 0.05) is 22.9 Å². The molecular formula is C16H17BrN2O. The summed E-state index contributed by atoms with van der Waals surface area (Å²) in [7, 11) is 1.79. The summed E-state index contributed by atoms with van der Waals surface area (Å²) in [6.45, 7) is 1.86. The molecule has 0 saturated carbocycles. The number of carbonyl (C=O) groups excluding carboxylic acids is 1. The summed E-state index contributed by atoms with van der Waals surface area (Å²) in [5.74, 6) is 0.0270. The van der Waals surface area contributed by atoms with Gasteiger partial charge in [-0.25, -0.2) is 0 Å². The maximum Gasteiger partial charge on any atom is 0.248 e. The molecule has 0 radical (unpaired) electrons. The van der Waals surface area contributed by atoms with Crippen molar-refractivity contribution >= 4 is 33.2 Å². The van der Waals surface area contributed by atoms with Crippen molar-refractivity contribution in [2.45, 2.75) is 13.0 Å². The number of hydrogen-bond donors (Lipinski definition) is 1. The molecule has 0 aromatic heterocycles. The van der Waals surface area contributed by atoms with Gasteiger partial charge in [-0.15, -0.1) is 0 Å². The van der Waals surface area contributed by atoms with E-state index in [0.29, 0.717) is 0 Å². The number of nitrogens with zero attached hydrogens (tertiary/aromatic N) is 1. The summed E-state index contributed by atoms with van der Waals surface area (Å²) < 4.78 is 1.02. The molecule has 1 N–H and O–H groups in total. The molecule has 4 heteroatoms. The lowest BCUT2D eigenvalue weighted by atomic mass is 10.2. The predicted molar refractivity (Wildman–Crippen MR) is 87.1 cm³/mol. The topological polar surface area (TPSA) is 32.3 Å². The molecule has 0 saturated heterocycles. The maximum atomic E-state index is 12.4. The quantitative estimate of drug-likeness (QED) is 0.920. The van der Waals surface area contributed by atoms with Crippen LogP contribution in [0.2, 0.25) is 0 Å². The van der Waals surface area contributed by atoms with Gasteiger partial charge in [0.2, 0.25) is 5.91 Å². The van der Waals surface area contributed by atoms with Crippen LogP contribution in [0.4, 0.5) is 11.4 Å². The Hall–Kier alpha value is -1.81. The Balaban J connectivity index is 2.03. The number of nitrogens with one attached hydrogen (secondary N) is 1. The van der Waals surface area contributed by atoms with Crippen LogP contribution in [0, 0.1) is 0 Å². The molecule has 20 heavy (non-hydrogen) atoms. The van der Waals surface area contributed by atoms with Gasteiger partial charge in [0.25, 0.3) is 0 Å². The van der Waals surface area contributed by atoms with Crippen molar-refractivity contribution in [3.63, 3.8) is 0 Å². The van der Waals surface area contributed by atoms with Crippen LogP contribution < -0.4 is 10.2 Å². The van der Waals surface area contributed by atoms with E-state index in [4.69, 9.17) is 0 Å². The Morgan fingerprint density at radius 1 is 1.10 bits per heavy atom. The normalized spacial score (nSPS) is 11.8. The lowest BCUT2D eigenvalue weighted by Crippen LogP contribution is -2.39. The number of hydrogen-bond acceptors (Lipinski definition) is 2. The van der Waals surface area contributed by atoms with E-state index in [1.54, 1.807) is 11.9 Å². The summed E-state index contributed by atoms with van der Waals surface area (Å²) in [6.07, 6.45) is 0. The molecule has 0 aliphatic rings. The van der Waals surface area contributed by atoms with Crippen LogP contribution in [0.5, 0.6) is 0 Å². The van der Waals surface area contributed by atoms with Gasteiger partial charge >= 0.3 is 0 Å². The molecule has 2 aromatic carbocycles. The average Bonchev–Trinajstić information content (AvgIpc) is 2.49. The Labute approximate surface area is 127 Å². The molecule has 2 rings (SSSR count). The summed E-state index contributed by atoms with van der Waals surface area (Å²) in [5, 5.41) is 3.21. The third-order valence-electron chi connectivity index (χ3n) is 3.07. The molecule has 104 valence electrons. The smallest absolute Gasteiger partial charge is 0.248 e. The highest BCUT2D eigenvalue weighted by molar-refractivity contribution is 9.10. The number of para-hydroxylation sites is 1. The maximum absolute atomic E-state index is 12.4. The van der Waals surface area contributed by atoms with E-state index < -0.39 is 0 Å². The monoisotopic (exact) mass is 332 g/mol. The number of likely N-dealkylation sites (N-methyl/N-ethyl adjacent to an activating group) is 1. The van der Waals surface area contributed by atoms with Crippen molar-refractivity contribution in [2.24, 2.45) is 0 Å². The summed E-state index contributed by atoms with van der Waals surface area (Å²) >= 11 is 3.39. The highest BCUT2D eigenvalue weighted by Crippen LogP contribution is 2.17. The SMILES string of the molecule is C[C@@H](Nc1ccc(Br)cc1)C(=O)N(C)c1ccccc1. The zero-order valence-electron chi connectivity index (χ0n) is 11.5. The predicted octanol–water partition coefficient (Wildman–Crippen LogP) is 3.91. The number of rotatable bonds is 4. The highest BCUT2D eigenvalue weighted by Gasteiger charge is 2.18. The number of carbonyl (C=O) groups is 1. The van der Waals surface area contributed by atoms with E-state index in [-0.39, 0.29) is 11.9 Å². The second kappa shape index (κ2) is 6.57. The van der Waals surface area contributed by atoms with E-state index in [2.05, 4.69) is 21.2 Å². The minimum atomic E-state index is -0.290. The molecule has 0 fully saturated rings. The molecule has 0 spiro atoms. The first-order chi connectivity index (χ1) is 9.58. The van der Waals surface area contributed by atoms with E-state index in [1.807, 2.05) is 61.5 Å². The van der Waals surface area contributed by atoms with Crippen LogP contribution in [-0.2, 0) is 4.79 Å². The minimum Gasteiger partial charge on any atom is -0.374 e. The number of amides is 1. The lowest BCUT2D eigenvalue weighted by Gasteiger charge is -2.22. The van der Waals surface area contributed by atoms with Gasteiger partial charge < -0.3 is 10.2 Å². The van der Waals surface area contributed by atoms with Gasteiger partial charge in [-0.1, -0.05) is 34.1 Å². The lowest BCUT2D eigenvalue weighted by molar-refractivity contribution is -0.118. The fourth-order valence-electron chi connectivity index (χ4n) is 1.93. The molecule has 0 unspecified atom stereocenters. The van der Waals surface area contributed by atoms with Crippen molar-refractivity contribution in [2.75, 3.05) is 17.3 Å². The molecule has 3 nitrogen and oxygen atoms in total. The van der Waals surface area contributed by atoms with Crippen LogP contribution in [0.3, 0.4) is 0 Å². The Bertz CT molecular complexity index is 569. The first-order valence-corrected chi connectivity index (χ1v) is 7.22. The van der Waals surface area contributed by atoms with Crippen LogP contribution >= 0.6 is 15.9 Å². The molecule has 0 aliphatic carbocycles. The third kappa shape index (κ3) is 3.61. The Morgan fingerprint density at radius 2 is 1.70 bits per heavy atom. The molecular weight excluding hydrogens is 316 g/mol. The van der Waals surface area contributed by atoms with Crippen molar-refractivity contribution in [3.8, 4) is 0 Å². The summed E-state index contributed by atoms with van der Waals surface area (Å²) in [4.78, 5) is 14.0. The summed E-state index contributed by atoms with van der Waals surface area (Å²) in [5.41, 5.74) is 1.82.